The Bertz CT molecular complexity index is 499. The lowest BCUT2D eigenvalue weighted by Gasteiger charge is -2.23. The lowest BCUT2D eigenvalue weighted by molar-refractivity contribution is 0.0762. The Morgan fingerprint density at radius 1 is 1.63 bits per heavy atom. The molecule has 3 nitrogen and oxygen atoms in total. The molecule has 1 unspecified atom stereocenters. The van der Waals surface area contributed by atoms with Gasteiger partial charge in [-0.1, -0.05) is 11.8 Å². The van der Waals surface area contributed by atoms with Gasteiger partial charge in [0.1, 0.15) is 6.61 Å². The molecule has 0 fully saturated rings. The average molecular weight is 297 g/mol. The highest BCUT2D eigenvalue weighted by atomic mass is 32.2. The van der Waals surface area contributed by atoms with Gasteiger partial charge in [0.05, 0.1) is 9.75 Å². The topological polar surface area (TPSA) is 40.5 Å². The molecule has 1 atom stereocenters. The van der Waals surface area contributed by atoms with Gasteiger partial charge in [-0.3, -0.25) is 4.79 Å². The van der Waals surface area contributed by atoms with Crippen LogP contribution in [0.2, 0.25) is 0 Å². The minimum Gasteiger partial charge on any atom is -0.384 e. The van der Waals surface area contributed by atoms with Crippen LogP contribution in [0.25, 0.3) is 0 Å². The van der Waals surface area contributed by atoms with Crippen molar-refractivity contribution in [1.29, 1.82) is 0 Å². The van der Waals surface area contributed by atoms with Gasteiger partial charge in [0.15, 0.2) is 0 Å². The van der Waals surface area contributed by atoms with E-state index in [1.54, 1.807) is 16.7 Å². The number of aliphatic hydroxyl groups excluding tert-OH is 1. The Morgan fingerprint density at radius 2 is 2.32 bits per heavy atom. The van der Waals surface area contributed by atoms with Gasteiger partial charge in [0.25, 0.3) is 5.91 Å². The van der Waals surface area contributed by atoms with Gasteiger partial charge in [0, 0.05) is 18.8 Å². The average Bonchev–Trinajstić information content (AvgIpc) is 2.76. The molecule has 0 aliphatic heterocycles. The highest BCUT2D eigenvalue weighted by molar-refractivity contribution is 7.98. The number of nitrogens with zero attached hydrogens (tertiary/aromatic N) is 1. The number of rotatable bonds is 4. The second-order valence-electron chi connectivity index (χ2n) is 4.30. The third-order valence-corrected chi connectivity index (χ3v) is 4.76. The van der Waals surface area contributed by atoms with E-state index in [2.05, 4.69) is 11.8 Å². The van der Waals surface area contributed by atoms with E-state index in [1.165, 1.54) is 11.3 Å². The van der Waals surface area contributed by atoms with E-state index in [9.17, 15) is 4.79 Å². The molecule has 0 spiro atoms. The van der Waals surface area contributed by atoms with Crippen molar-refractivity contribution in [3.8, 4) is 11.8 Å². The number of thiophene rings is 1. The zero-order valence-corrected chi connectivity index (χ0v) is 13.3. The second-order valence-corrected chi connectivity index (χ2v) is 6.27. The molecule has 1 amide bonds. The zero-order valence-electron chi connectivity index (χ0n) is 11.7. The molecule has 0 radical (unpaired) electrons. The van der Waals surface area contributed by atoms with Crippen LogP contribution in [0.5, 0.6) is 0 Å². The Labute approximate surface area is 123 Å². The van der Waals surface area contributed by atoms with Crippen molar-refractivity contribution in [2.45, 2.75) is 19.9 Å². The fourth-order valence-electron chi connectivity index (χ4n) is 1.56. The smallest absolute Gasteiger partial charge is 0.263 e. The quantitative estimate of drug-likeness (QED) is 0.866. The normalized spacial score (nSPS) is 11.6. The van der Waals surface area contributed by atoms with E-state index in [1.807, 2.05) is 33.2 Å². The van der Waals surface area contributed by atoms with Crippen molar-refractivity contribution in [1.82, 2.24) is 4.90 Å². The first-order chi connectivity index (χ1) is 9.01. The van der Waals surface area contributed by atoms with E-state index >= 15 is 0 Å². The number of carbonyl (C=O) groups excluding carboxylic acids is 1. The second kappa shape index (κ2) is 7.59. The number of carbonyl (C=O) groups is 1. The van der Waals surface area contributed by atoms with Crippen LogP contribution in [0.4, 0.5) is 0 Å². The summed E-state index contributed by atoms with van der Waals surface area (Å²) in [4.78, 5) is 15.7. The summed E-state index contributed by atoms with van der Waals surface area (Å²) in [7, 11) is 1.83. The van der Waals surface area contributed by atoms with Gasteiger partial charge in [-0.15, -0.1) is 11.3 Å². The number of amides is 1. The first-order valence-electron chi connectivity index (χ1n) is 5.97. The fraction of sp³-hybridized carbons (Fsp3) is 0.500. The fourth-order valence-corrected chi connectivity index (χ4v) is 3.29. The highest BCUT2D eigenvalue weighted by Crippen LogP contribution is 2.23. The summed E-state index contributed by atoms with van der Waals surface area (Å²) in [6, 6.07) is 2.08. The van der Waals surface area contributed by atoms with Crippen molar-refractivity contribution in [3.05, 3.63) is 21.4 Å². The zero-order chi connectivity index (χ0) is 14.4. The van der Waals surface area contributed by atoms with E-state index in [0.717, 1.165) is 16.2 Å². The van der Waals surface area contributed by atoms with Crippen LogP contribution in [0.3, 0.4) is 0 Å². The molecular weight excluding hydrogens is 278 g/mol. The van der Waals surface area contributed by atoms with Crippen LogP contribution < -0.4 is 0 Å². The van der Waals surface area contributed by atoms with Gasteiger partial charge >= 0.3 is 0 Å². The Morgan fingerprint density at radius 3 is 2.89 bits per heavy atom. The van der Waals surface area contributed by atoms with Crippen molar-refractivity contribution >= 4 is 29.0 Å². The summed E-state index contributed by atoms with van der Waals surface area (Å²) in [5.74, 6) is 6.45. The molecule has 0 aliphatic carbocycles. The number of thioether (sulfide) groups is 1. The summed E-state index contributed by atoms with van der Waals surface area (Å²) in [5, 5.41) is 8.71. The molecule has 1 heterocycles. The van der Waals surface area contributed by atoms with Crippen molar-refractivity contribution in [3.63, 3.8) is 0 Å². The molecule has 5 heteroatoms. The maximum absolute atomic E-state index is 12.3. The van der Waals surface area contributed by atoms with Gasteiger partial charge in [0.2, 0.25) is 0 Å². The minimum absolute atomic E-state index is 0.0340. The molecule has 104 valence electrons. The van der Waals surface area contributed by atoms with Gasteiger partial charge in [-0.2, -0.15) is 11.8 Å². The van der Waals surface area contributed by atoms with E-state index in [-0.39, 0.29) is 18.6 Å². The number of hydrogen-bond donors (Lipinski definition) is 1. The summed E-state index contributed by atoms with van der Waals surface area (Å²) < 4.78 is 0. The molecule has 0 saturated carbocycles. The molecule has 0 aliphatic rings. The van der Waals surface area contributed by atoms with Gasteiger partial charge < -0.3 is 10.0 Å². The summed E-state index contributed by atoms with van der Waals surface area (Å²) >= 11 is 3.12. The monoisotopic (exact) mass is 297 g/mol. The minimum atomic E-state index is -0.161. The first-order valence-corrected chi connectivity index (χ1v) is 8.18. The maximum atomic E-state index is 12.3. The van der Waals surface area contributed by atoms with Crippen LogP contribution in [0.1, 0.15) is 27.0 Å². The maximum Gasteiger partial charge on any atom is 0.263 e. The molecular formula is C14H19NO2S2. The predicted octanol–water partition coefficient (Wildman–Crippen LogP) is 2.22. The largest absolute Gasteiger partial charge is 0.384 e. The Balaban J connectivity index is 2.88. The lowest BCUT2D eigenvalue weighted by atomic mass is 10.2. The third-order valence-electron chi connectivity index (χ3n) is 2.80. The molecule has 0 aromatic carbocycles. The highest BCUT2D eigenvalue weighted by Gasteiger charge is 2.19. The van der Waals surface area contributed by atoms with Crippen LogP contribution in [0, 0.1) is 18.8 Å². The third kappa shape index (κ3) is 4.27. The first kappa shape index (κ1) is 16.1. The lowest BCUT2D eigenvalue weighted by Crippen LogP contribution is -2.36. The molecule has 1 aromatic rings. The van der Waals surface area contributed by atoms with Crippen LogP contribution in [-0.2, 0) is 0 Å². The van der Waals surface area contributed by atoms with E-state index in [0.29, 0.717) is 4.88 Å². The van der Waals surface area contributed by atoms with Gasteiger partial charge in [-0.25, -0.2) is 0 Å². The summed E-state index contributed by atoms with van der Waals surface area (Å²) in [5.41, 5.74) is 0.986. The van der Waals surface area contributed by atoms with Gasteiger partial charge in [-0.05, 0) is 31.7 Å². The van der Waals surface area contributed by atoms with Crippen LogP contribution in [-0.4, -0.2) is 47.6 Å². The van der Waals surface area contributed by atoms with Crippen molar-refractivity contribution in [2.75, 3.05) is 25.7 Å². The number of aryl methyl sites for hydroxylation is 1. The Hall–Kier alpha value is -0.960. The van der Waals surface area contributed by atoms with E-state index < -0.39 is 0 Å². The van der Waals surface area contributed by atoms with Crippen LogP contribution >= 0.6 is 23.1 Å². The predicted molar refractivity (Wildman–Crippen MR) is 83.0 cm³/mol. The van der Waals surface area contributed by atoms with E-state index in [4.69, 9.17) is 5.11 Å². The molecule has 0 saturated heterocycles. The molecule has 0 bridgehead atoms. The number of hydrogen-bond acceptors (Lipinski definition) is 4. The summed E-state index contributed by atoms with van der Waals surface area (Å²) in [6.07, 6.45) is 2.03. The number of aliphatic hydroxyl groups is 1. The van der Waals surface area contributed by atoms with Crippen molar-refractivity contribution < 1.29 is 9.90 Å². The molecule has 19 heavy (non-hydrogen) atoms. The summed E-state index contributed by atoms with van der Waals surface area (Å²) in [6.45, 7) is 3.81. The molecule has 1 rings (SSSR count). The van der Waals surface area contributed by atoms with Crippen LogP contribution in [0.15, 0.2) is 6.07 Å². The molecule has 1 N–H and O–H groups in total. The SMILES string of the molecule is CSCC(C)N(C)C(=O)c1cc(C)c(C#CCO)s1. The van der Waals surface area contributed by atoms with Crippen molar-refractivity contribution in [2.24, 2.45) is 0 Å². The standard InChI is InChI=1S/C14H19NO2S2/c1-10-8-13(19-12(10)6-5-7-16)14(17)15(3)11(2)9-18-4/h8,11,16H,7,9H2,1-4H3. The Kier molecular flexibility index (Phi) is 6.43. The molecule has 1 aromatic heterocycles.